The number of rotatable bonds is 4. The predicted molar refractivity (Wildman–Crippen MR) is 81.0 cm³/mol. The van der Waals surface area contributed by atoms with Crippen molar-refractivity contribution in [3.8, 4) is 0 Å². The lowest BCUT2D eigenvalue weighted by Crippen LogP contribution is -2.23. The molecule has 3 nitrogen and oxygen atoms in total. The number of halogens is 2. The highest BCUT2D eigenvalue weighted by Crippen LogP contribution is 2.27. The van der Waals surface area contributed by atoms with Crippen LogP contribution in [0.4, 0.5) is 10.1 Å². The Labute approximate surface area is 127 Å². The van der Waals surface area contributed by atoms with Crippen molar-refractivity contribution in [3.05, 3.63) is 64.4 Å². The Balaban J connectivity index is 2.39. The number of hydrogen-bond acceptors (Lipinski definition) is 3. The quantitative estimate of drug-likeness (QED) is 0.864. The van der Waals surface area contributed by atoms with Crippen molar-refractivity contribution in [3.63, 3.8) is 0 Å². The molecule has 0 aromatic heterocycles. The van der Waals surface area contributed by atoms with Crippen molar-refractivity contribution in [2.24, 2.45) is 0 Å². The molecule has 2 aromatic carbocycles. The molecule has 0 saturated heterocycles. The van der Waals surface area contributed by atoms with E-state index in [0.717, 1.165) is 5.56 Å². The lowest BCUT2D eigenvalue weighted by Gasteiger charge is -2.19. The molecule has 1 atom stereocenters. The highest BCUT2D eigenvalue weighted by atomic mass is 35.5. The zero-order valence-corrected chi connectivity index (χ0v) is 12.4. The zero-order chi connectivity index (χ0) is 15.4. The molecule has 0 aliphatic carbocycles. The number of ether oxygens (including phenoxy) is 1. The van der Waals surface area contributed by atoms with E-state index in [2.05, 4.69) is 5.32 Å². The molecule has 5 heteroatoms. The van der Waals surface area contributed by atoms with Crippen LogP contribution in [0.25, 0.3) is 0 Å². The van der Waals surface area contributed by atoms with Gasteiger partial charge in [0.15, 0.2) is 6.04 Å². The number of esters is 1. The minimum absolute atomic E-state index is 0.0348. The van der Waals surface area contributed by atoms with Gasteiger partial charge >= 0.3 is 5.97 Å². The van der Waals surface area contributed by atoms with Gasteiger partial charge in [-0.1, -0.05) is 35.9 Å². The molecule has 0 spiro atoms. The molecule has 0 fully saturated rings. The van der Waals surface area contributed by atoms with Gasteiger partial charge < -0.3 is 10.1 Å². The van der Waals surface area contributed by atoms with Crippen molar-refractivity contribution >= 4 is 23.3 Å². The summed E-state index contributed by atoms with van der Waals surface area (Å²) in [5, 5.41) is 2.95. The van der Waals surface area contributed by atoms with Gasteiger partial charge in [-0.05, 0) is 30.7 Å². The van der Waals surface area contributed by atoms with E-state index < -0.39 is 17.8 Å². The van der Waals surface area contributed by atoms with Crippen LogP contribution in [-0.2, 0) is 9.53 Å². The summed E-state index contributed by atoms with van der Waals surface area (Å²) in [5.41, 5.74) is 1.87. The second kappa shape index (κ2) is 6.59. The Kier molecular flexibility index (Phi) is 4.81. The highest BCUT2D eigenvalue weighted by Gasteiger charge is 2.25. The molecule has 21 heavy (non-hydrogen) atoms. The van der Waals surface area contributed by atoms with Crippen LogP contribution in [-0.4, -0.2) is 13.1 Å². The molecular weight excluding hydrogens is 293 g/mol. The van der Waals surface area contributed by atoms with Crippen LogP contribution >= 0.6 is 11.6 Å². The molecular formula is C16H15ClFNO2. The van der Waals surface area contributed by atoms with E-state index in [4.69, 9.17) is 16.3 Å². The molecule has 0 aliphatic heterocycles. The Bertz CT molecular complexity index is 660. The maximum Gasteiger partial charge on any atom is 0.333 e. The van der Waals surface area contributed by atoms with Crippen molar-refractivity contribution in [1.82, 2.24) is 0 Å². The summed E-state index contributed by atoms with van der Waals surface area (Å²) >= 11 is 5.78. The number of carbonyl (C=O) groups is 1. The molecule has 0 amide bonds. The number of benzene rings is 2. The maximum absolute atomic E-state index is 14.2. The van der Waals surface area contributed by atoms with Crippen LogP contribution in [0.3, 0.4) is 0 Å². The molecule has 0 heterocycles. The van der Waals surface area contributed by atoms with Gasteiger partial charge in [-0.3, -0.25) is 0 Å². The fourth-order valence-corrected chi connectivity index (χ4v) is 2.21. The molecule has 0 aliphatic rings. The first-order chi connectivity index (χ1) is 10.0. The Morgan fingerprint density at radius 3 is 2.67 bits per heavy atom. The first-order valence-electron chi connectivity index (χ1n) is 6.38. The van der Waals surface area contributed by atoms with Gasteiger partial charge in [-0.25, -0.2) is 9.18 Å². The van der Waals surface area contributed by atoms with E-state index in [0.29, 0.717) is 5.69 Å². The van der Waals surface area contributed by atoms with Gasteiger partial charge in [-0.2, -0.15) is 0 Å². The van der Waals surface area contributed by atoms with E-state index in [1.54, 1.807) is 12.1 Å². The number of methoxy groups -OCH3 is 1. The molecule has 0 saturated carbocycles. The van der Waals surface area contributed by atoms with Crippen LogP contribution < -0.4 is 5.32 Å². The first kappa shape index (κ1) is 15.3. The standard InChI is InChI=1S/C16H15ClFNO2/c1-10-5-3-6-11(9-10)19-15(16(20)21-2)12-7-4-8-13(17)14(12)18/h3-9,15,19H,1-2H3. The van der Waals surface area contributed by atoms with Gasteiger partial charge in [0.05, 0.1) is 12.1 Å². The minimum Gasteiger partial charge on any atom is -0.467 e. The van der Waals surface area contributed by atoms with Crippen LogP contribution in [0.2, 0.25) is 5.02 Å². The van der Waals surface area contributed by atoms with Crippen LogP contribution in [0.1, 0.15) is 17.2 Å². The molecule has 0 radical (unpaired) electrons. The molecule has 2 aromatic rings. The average Bonchev–Trinajstić information content (AvgIpc) is 2.47. The number of hydrogen-bond donors (Lipinski definition) is 1. The van der Waals surface area contributed by atoms with E-state index >= 15 is 0 Å². The summed E-state index contributed by atoms with van der Waals surface area (Å²) in [4.78, 5) is 12.0. The summed E-state index contributed by atoms with van der Waals surface area (Å²) in [5.74, 6) is -1.22. The normalized spacial score (nSPS) is 11.8. The molecule has 2 rings (SSSR count). The Morgan fingerprint density at radius 2 is 2.00 bits per heavy atom. The van der Waals surface area contributed by atoms with Gasteiger partial charge in [-0.15, -0.1) is 0 Å². The third-order valence-corrected chi connectivity index (χ3v) is 3.35. The average molecular weight is 308 g/mol. The summed E-state index contributed by atoms with van der Waals surface area (Å²) in [7, 11) is 1.26. The largest absolute Gasteiger partial charge is 0.467 e. The van der Waals surface area contributed by atoms with Crippen molar-refractivity contribution in [1.29, 1.82) is 0 Å². The van der Waals surface area contributed by atoms with E-state index in [1.807, 2.05) is 25.1 Å². The lowest BCUT2D eigenvalue weighted by molar-refractivity contribution is -0.141. The summed E-state index contributed by atoms with van der Waals surface area (Å²) < 4.78 is 18.9. The molecule has 110 valence electrons. The van der Waals surface area contributed by atoms with Gasteiger partial charge in [0.2, 0.25) is 0 Å². The summed E-state index contributed by atoms with van der Waals surface area (Å²) in [6.45, 7) is 1.93. The SMILES string of the molecule is COC(=O)C(Nc1cccc(C)c1)c1cccc(Cl)c1F. The Morgan fingerprint density at radius 1 is 1.29 bits per heavy atom. The zero-order valence-electron chi connectivity index (χ0n) is 11.7. The fourth-order valence-electron chi connectivity index (χ4n) is 2.03. The monoisotopic (exact) mass is 307 g/mol. The highest BCUT2D eigenvalue weighted by molar-refractivity contribution is 6.30. The summed E-state index contributed by atoms with van der Waals surface area (Å²) in [6, 6.07) is 11.0. The number of anilines is 1. The van der Waals surface area contributed by atoms with Gasteiger partial charge in [0, 0.05) is 11.3 Å². The van der Waals surface area contributed by atoms with Crippen LogP contribution in [0.5, 0.6) is 0 Å². The molecule has 0 bridgehead atoms. The third-order valence-electron chi connectivity index (χ3n) is 3.06. The molecule has 1 N–H and O–H groups in total. The van der Waals surface area contributed by atoms with Crippen LogP contribution in [0.15, 0.2) is 42.5 Å². The van der Waals surface area contributed by atoms with Crippen LogP contribution in [0, 0.1) is 12.7 Å². The first-order valence-corrected chi connectivity index (χ1v) is 6.75. The minimum atomic E-state index is -0.963. The number of carbonyl (C=O) groups excluding carboxylic acids is 1. The second-order valence-corrected chi connectivity index (χ2v) is 5.02. The van der Waals surface area contributed by atoms with Gasteiger partial charge in [0.25, 0.3) is 0 Å². The van der Waals surface area contributed by atoms with E-state index in [-0.39, 0.29) is 10.6 Å². The second-order valence-electron chi connectivity index (χ2n) is 4.61. The smallest absolute Gasteiger partial charge is 0.333 e. The summed E-state index contributed by atoms with van der Waals surface area (Å²) in [6.07, 6.45) is 0. The Hall–Kier alpha value is -2.07. The van der Waals surface area contributed by atoms with Crippen molar-refractivity contribution < 1.29 is 13.9 Å². The third kappa shape index (κ3) is 3.52. The number of aryl methyl sites for hydroxylation is 1. The molecule has 1 unspecified atom stereocenters. The van der Waals surface area contributed by atoms with Crippen molar-refractivity contribution in [2.45, 2.75) is 13.0 Å². The predicted octanol–water partition coefficient (Wildman–Crippen LogP) is 4.11. The van der Waals surface area contributed by atoms with E-state index in [1.165, 1.54) is 19.2 Å². The van der Waals surface area contributed by atoms with E-state index in [9.17, 15) is 9.18 Å². The number of nitrogens with one attached hydrogen (secondary N) is 1. The lowest BCUT2D eigenvalue weighted by atomic mass is 10.1. The van der Waals surface area contributed by atoms with Crippen molar-refractivity contribution in [2.75, 3.05) is 12.4 Å². The topological polar surface area (TPSA) is 38.3 Å². The maximum atomic E-state index is 14.2. The van der Waals surface area contributed by atoms with Gasteiger partial charge in [0.1, 0.15) is 5.82 Å². The fraction of sp³-hybridized carbons (Fsp3) is 0.188.